The second-order valence-corrected chi connectivity index (χ2v) is 7.26. The molecule has 2 unspecified atom stereocenters. The lowest BCUT2D eigenvalue weighted by Gasteiger charge is -2.31. The van der Waals surface area contributed by atoms with Crippen molar-refractivity contribution in [2.75, 3.05) is 24.3 Å². The normalized spacial score (nSPS) is 30.6. The van der Waals surface area contributed by atoms with Crippen LogP contribution in [0.15, 0.2) is 0 Å². The summed E-state index contributed by atoms with van der Waals surface area (Å²) in [5.74, 6) is 5.11. The van der Waals surface area contributed by atoms with Gasteiger partial charge in [0.25, 0.3) is 0 Å². The molecule has 3 heteroatoms. The van der Waals surface area contributed by atoms with Gasteiger partial charge in [-0.3, -0.25) is 0 Å². The summed E-state index contributed by atoms with van der Waals surface area (Å²) >= 11 is 4.34. The highest BCUT2D eigenvalue weighted by atomic mass is 32.2. The number of hydrogen-bond donors (Lipinski definition) is 1. The van der Waals surface area contributed by atoms with Gasteiger partial charge in [-0.05, 0) is 19.4 Å². The van der Waals surface area contributed by atoms with E-state index in [0.717, 1.165) is 17.2 Å². The van der Waals surface area contributed by atoms with Gasteiger partial charge >= 0.3 is 0 Å². The average Bonchev–Trinajstić information content (AvgIpc) is 2.80. The van der Waals surface area contributed by atoms with Crippen molar-refractivity contribution in [2.24, 2.45) is 5.92 Å². The van der Waals surface area contributed by atoms with E-state index in [2.05, 4.69) is 35.9 Å². The monoisotopic (exact) mass is 245 g/mol. The minimum atomic E-state index is 0.769. The predicted octanol–water partition coefficient (Wildman–Crippen LogP) is 3.00. The van der Waals surface area contributed by atoms with Crippen molar-refractivity contribution in [3.63, 3.8) is 0 Å². The Labute approximate surface area is 103 Å². The first-order chi connectivity index (χ1) is 7.40. The van der Waals surface area contributed by atoms with Crippen molar-refractivity contribution in [2.45, 2.75) is 43.4 Å². The van der Waals surface area contributed by atoms with Crippen LogP contribution in [0, 0.1) is 5.92 Å². The molecule has 0 spiro atoms. The predicted molar refractivity (Wildman–Crippen MR) is 73.0 cm³/mol. The van der Waals surface area contributed by atoms with Gasteiger partial charge in [0.2, 0.25) is 0 Å². The van der Waals surface area contributed by atoms with Crippen molar-refractivity contribution in [1.82, 2.24) is 5.32 Å². The maximum atomic E-state index is 3.56. The Bertz CT molecular complexity index is 174. The standard InChI is InChI=1S/C12H23NS2/c1-13-11(8-10-4-2-3-5-10)12-9-14-6-7-15-12/h10-13H,2-9H2,1H3. The largest absolute Gasteiger partial charge is 0.316 e. The van der Waals surface area contributed by atoms with Crippen molar-refractivity contribution in [3.8, 4) is 0 Å². The molecular weight excluding hydrogens is 222 g/mol. The van der Waals surface area contributed by atoms with Crippen LogP contribution in [0.2, 0.25) is 0 Å². The maximum absolute atomic E-state index is 3.56. The fourth-order valence-electron chi connectivity index (χ4n) is 2.80. The number of nitrogens with one attached hydrogen (secondary N) is 1. The Balaban J connectivity index is 1.79. The summed E-state index contributed by atoms with van der Waals surface area (Å²) in [6.07, 6.45) is 7.36. The molecular formula is C12H23NS2. The van der Waals surface area contributed by atoms with Crippen molar-refractivity contribution < 1.29 is 0 Å². The molecule has 15 heavy (non-hydrogen) atoms. The molecule has 1 N–H and O–H groups in total. The summed E-state index contributed by atoms with van der Waals surface area (Å²) in [6.45, 7) is 0. The number of thioether (sulfide) groups is 2. The average molecular weight is 245 g/mol. The Morgan fingerprint density at radius 2 is 2.07 bits per heavy atom. The van der Waals surface area contributed by atoms with Gasteiger partial charge in [-0.1, -0.05) is 25.7 Å². The van der Waals surface area contributed by atoms with Crippen molar-refractivity contribution in [1.29, 1.82) is 0 Å². The van der Waals surface area contributed by atoms with Gasteiger partial charge in [0.05, 0.1) is 0 Å². The molecule has 1 saturated carbocycles. The van der Waals surface area contributed by atoms with Crippen LogP contribution in [0.1, 0.15) is 32.1 Å². The Kier molecular flexibility index (Phi) is 5.18. The van der Waals surface area contributed by atoms with Crippen LogP contribution in [0.5, 0.6) is 0 Å². The Hall–Kier alpha value is 0.660. The molecule has 2 rings (SSSR count). The quantitative estimate of drug-likeness (QED) is 0.818. The van der Waals surface area contributed by atoms with Crippen LogP contribution in [-0.2, 0) is 0 Å². The van der Waals surface area contributed by atoms with Crippen LogP contribution < -0.4 is 5.32 Å². The fourth-order valence-corrected chi connectivity index (χ4v) is 5.74. The third-order valence-electron chi connectivity index (χ3n) is 3.72. The summed E-state index contributed by atoms with van der Waals surface area (Å²) in [5, 5.41) is 4.43. The zero-order valence-corrected chi connectivity index (χ0v) is 11.3. The molecule has 2 atom stereocenters. The van der Waals surface area contributed by atoms with E-state index in [1.807, 2.05) is 0 Å². The van der Waals surface area contributed by atoms with Gasteiger partial charge < -0.3 is 5.32 Å². The number of hydrogen-bond acceptors (Lipinski definition) is 3. The SMILES string of the molecule is CNC(CC1CCCC1)C1CSCCS1. The van der Waals surface area contributed by atoms with Crippen LogP contribution in [0.4, 0.5) is 0 Å². The first-order valence-electron chi connectivity index (χ1n) is 6.26. The van der Waals surface area contributed by atoms with E-state index in [-0.39, 0.29) is 0 Å². The molecule has 1 heterocycles. The van der Waals surface area contributed by atoms with E-state index < -0.39 is 0 Å². The third-order valence-corrected chi connectivity index (χ3v) is 6.64. The Morgan fingerprint density at radius 3 is 2.67 bits per heavy atom. The summed E-state index contributed by atoms with van der Waals surface area (Å²) < 4.78 is 0. The summed E-state index contributed by atoms with van der Waals surface area (Å²) in [4.78, 5) is 0. The lowest BCUT2D eigenvalue weighted by molar-refractivity contribution is 0.404. The lowest BCUT2D eigenvalue weighted by Crippen LogP contribution is -2.40. The minimum Gasteiger partial charge on any atom is -0.316 e. The topological polar surface area (TPSA) is 12.0 Å². The molecule has 0 bridgehead atoms. The second-order valence-electron chi connectivity index (χ2n) is 4.77. The molecule has 2 aliphatic rings. The van der Waals surface area contributed by atoms with Crippen LogP contribution in [0.3, 0.4) is 0 Å². The summed E-state index contributed by atoms with van der Waals surface area (Å²) in [7, 11) is 2.15. The molecule has 0 radical (unpaired) electrons. The van der Waals surface area contributed by atoms with Gasteiger partial charge in [0.15, 0.2) is 0 Å². The minimum absolute atomic E-state index is 0.769. The van der Waals surface area contributed by atoms with Crippen LogP contribution >= 0.6 is 23.5 Å². The summed E-state index contributed by atoms with van der Waals surface area (Å²) in [5.41, 5.74) is 0. The number of rotatable bonds is 4. The second kappa shape index (κ2) is 6.41. The van der Waals surface area contributed by atoms with Gasteiger partial charge in [-0.15, -0.1) is 0 Å². The smallest absolute Gasteiger partial charge is 0.0291 e. The third kappa shape index (κ3) is 3.57. The highest BCUT2D eigenvalue weighted by Gasteiger charge is 2.27. The zero-order chi connectivity index (χ0) is 10.5. The van der Waals surface area contributed by atoms with Gasteiger partial charge in [-0.2, -0.15) is 23.5 Å². The van der Waals surface area contributed by atoms with E-state index in [9.17, 15) is 0 Å². The van der Waals surface area contributed by atoms with Crippen LogP contribution in [-0.4, -0.2) is 35.6 Å². The van der Waals surface area contributed by atoms with E-state index in [1.54, 1.807) is 0 Å². The molecule has 1 nitrogen and oxygen atoms in total. The summed E-state index contributed by atoms with van der Waals surface area (Å²) in [6, 6.07) is 0.769. The first-order valence-corrected chi connectivity index (χ1v) is 8.47. The lowest BCUT2D eigenvalue weighted by atomic mass is 9.97. The molecule has 0 aromatic rings. The van der Waals surface area contributed by atoms with E-state index in [1.165, 1.54) is 49.4 Å². The van der Waals surface area contributed by atoms with Gasteiger partial charge in [0, 0.05) is 28.6 Å². The van der Waals surface area contributed by atoms with Gasteiger partial charge in [0.1, 0.15) is 0 Å². The van der Waals surface area contributed by atoms with Crippen molar-refractivity contribution >= 4 is 23.5 Å². The van der Waals surface area contributed by atoms with Gasteiger partial charge in [-0.25, -0.2) is 0 Å². The molecule has 1 aliphatic carbocycles. The maximum Gasteiger partial charge on any atom is 0.0291 e. The molecule has 0 amide bonds. The molecule has 88 valence electrons. The molecule has 1 saturated heterocycles. The van der Waals surface area contributed by atoms with Crippen LogP contribution in [0.25, 0.3) is 0 Å². The first kappa shape index (κ1) is 12.1. The highest BCUT2D eigenvalue weighted by molar-refractivity contribution is 8.06. The zero-order valence-electron chi connectivity index (χ0n) is 9.71. The van der Waals surface area contributed by atoms with Crippen molar-refractivity contribution in [3.05, 3.63) is 0 Å². The van der Waals surface area contributed by atoms with E-state index >= 15 is 0 Å². The highest BCUT2D eigenvalue weighted by Crippen LogP contribution is 2.33. The van der Waals surface area contributed by atoms with E-state index in [0.29, 0.717) is 0 Å². The molecule has 2 fully saturated rings. The molecule has 0 aromatic carbocycles. The van der Waals surface area contributed by atoms with E-state index in [4.69, 9.17) is 0 Å². The Morgan fingerprint density at radius 1 is 1.27 bits per heavy atom. The molecule has 1 aliphatic heterocycles. The molecule has 0 aromatic heterocycles. The fraction of sp³-hybridized carbons (Fsp3) is 1.00.